The normalized spacial score (nSPS) is 19.3. The lowest BCUT2D eigenvalue weighted by molar-refractivity contribution is 0.110. The standard InChI is InChI=1S/C18H24ClN5O2/c1-11(10-25)24-7-3-4-14(9-24)21-18-20-12(2)17(22-23-18)15-6-5-13(19)8-16(15)26/h5-6,8,11,14,25-26H,3-4,7,9-10H2,1-2H3,(H,20,21,23). The second-order valence-corrected chi connectivity index (χ2v) is 7.18. The predicted octanol–water partition coefficient (Wildman–Crippen LogP) is 2.46. The van der Waals surface area contributed by atoms with Crippen LogP contribution in [0.25, 0.3) is 11.3 Å². The number of aryl methyl sites for hydroxylation is 1. The first-order chi connectivity index (χ1) is 12.5. The average Bonchev–Trinajstić information content (AvgIpc) is 2.62. The molecule has 2 atom stereocenters. The van der Waals surface area contributed by atoms with E-state index in [-0.39, 0.29) is 24.4 Å². The van der Waals surface area contributed by atoms with Crippen molar-refractivity contribution in [3.05, 3.63) is 28.9 Å². The zero-order valence-corrected chi connectivity index (χ0v) is 15.7. The molecule has 140 valence electrons. The summed E-state index contributed by atoms with van der Waals surface area (Å²) in [6.45, 7) is 5.85. The maximum atomic E-state index is 10.1. The molecule has 1 fully saturated rings. The molecular formula is C18H24ClN5O2. The number of nitrogens with zero attached hydrogens (tertiary/aromatic N) is 4. The number of piperidine rings is 1. The van der Waals surface area contributed by atoms with Gasteiger partial charge in [0.15, 0.2) is 0 Å². The summed E-state index contributed by atoms with van der Waals surface area (Å²) in [6.07, 6.45) is 2.09. The van der Waals surface area contributed by atoms with Crippen molar-refractivity contribution >= 4 is 17.5 Å². The number of hydrogen-bond donors (Lipinski definition) is 3. The lowest BCUT2D eigenvalue weighted by atomic mass is 10.0. The molecule has 1 aliphatic heterocycles. The van der Waals surface area contributed by atoms with Crippen molar-refractivity contribution in [2.75, 3.05) is 25.0 Å². The first kappa shape index (κ1) is 18.8. The minimum Gasteiger partial charge on any atom is -0.507 e. The molecule has 1 saturated heterocycles. The number of halogens is 1. The molecule has 26 heavy (non-hydrogen) atoms. The van der Waals surface area contributed by atoms with E-state index in [1.165, 1.54) is 6.07 Å². The van der Waals surface area contributed by atoms with Gasteiger partial charge in [-0.05, 0) is 51.4 Å². The summed E-state index contributed by atoms with van der Waals surface area (Å²) in [5.41, 5.74) is 1.76. The maximum absolute atomic E-state index is 10.1. The summed E-state index contributed by atoms with van der Waals surface area (Å²) in [6, 6.07) is 5.24. The molecule has 0 radical (unpaired) electrons. The Labute approximate surface area is 158 Å². The minimum absolute atomic E-state index is 0.0540. The zero-order chi connectivity index (χ0) is 18.7. The Morgan fingerprint density at radius 1 is 1.38 bits per heavy atom. The first-order valence-electron chi connectivity index (χ1n) is 8.79. The number of nitrogens with one attached hydrogen (secondary N) is 1. The van der Waals surface area contributed by atoms with E-state index in [0.29, 0.717) is 27.9 Å². The Hall–Kier alpha value is -1.96. The topological polar surface area (TPSA) is 94.4 Å². The predicted molar refractivity (Wildman–Crippen MR) is 101 cm³/mol. The van der Waals surface area contributed by atoms with Gasteiger partial charge in [-0.3, -0.25) is 4.90 Å². The van der Waals surface area contributed by atoms with E-state index in [0.717, 1.165) is 25.9 Å². The fourth-order valence-electron chi connectivity index (χ4n) is 3.24. The molecule has 0 bridgehead atoms. The van der Waals surface area contributed by atoms with Crippen LogP contribution < -0.4 is 5.32 Å². The van der Waals surface area contributed by atoms with E-state index < -0.39 is 0 Å². The number of anilines is 1. The van der Waals surface area contributed by atoms with Gasteiger partial charge in [-0.2, -0.15) is 0 Å². The van der Waals surface area contributed by atoms with Crippen molar-refractivity contribution in [3.8, 4) is 17.0 Å². The lowest BCUT2D eigenvalue weighted by Gasteiger charge is -2.36. The molecule has 7 nitrogen and oxygen atoms in total. The highest BCUT2D eigenvalue weighted by atomic mass is 35.5. The molecule has 0 spiro atoms. The van der Waals surface area contributed by atoms with E-state index in [4.69, 9.17) is 11.6 Å². The Kier molecular flexibility index (Phi) is 5.90. The molecule has 2 unspecified atom stereocenters. The number of phenolic OH excluding ortho intramolecular Hbond substituents is 1. The Balaban J connectivity index is 1.73. The Morgan fingerprint density at radius 2 is 2.19 bits per heavy atom. The van der Waals surface area contributed by atoms with Gasteiger partial charge in [-0.25, -0.2) is 4.98 Å². The summed E-state index contributed by atoms with van der Waals surface area (Å²) in [4.78, 5) is 6.77. The number of aromatic hydroxyl groups is 1. The number of aliphatic hydroxyl groups excluding tert-OH is 1. The Morgan fingerprint density at radius 3 is 2.88 bits per heavy atom. The first-order valence-corrected chi connectivity index (χ1v) is 9.17. The quantitative estimate of drug-likeness (QED) is 0.736. The number of benzene rings is 1. The van der Waals surface area contributed by atoms with Crippen molar-refractivity contribution in [1.29, 1.82) is 0 Å². The van der Waals surface area contributed by atoms with Crippen LogP contribution in [0.15, 0.2) is 18.2 Å². The molecule has 0 aliphatic carbocycles. The smallest absolute Gasteiger partial charge is 0.243 e. The molecule has 3 N–H and O–H groups in total. The van der Waals surface area contributed by atoms with E-state index in [9.17, 15) is 10.2 Å². The van der Waals surface area contributed by atoms with Gasteiger partial charge in [-0.1, -0.05) is 11.6 Å². The van der Waals surface area contributed by atoms with Crippen LogP contribution in [0.2, 0.25) is 5.02 Å². The van der Waals surface area contributed by atoms with Crippen LogP contribution in [0.4, 0.5) is 5.95 Å². The second kappa shape index (κ2) is 8.16. The molecule has 2 aromatic rings. The fraction of sp³-hybridized carbons (Fsp3) is 0.500. The summed E-state index contributed by atoms with van der Waals surface area (Å²) in [5, 5.41) is 31.7. The lowest BCUT2D eigenvalue weighted by Crippen LogP contribution is -2.47. The van der Waals surface area contributed by atoms with Gasteiger partial charge in [0.05, 0.1) is 12.3 Å². The minimum atomic E-state index is 0.0540. The maximum Gasteiger partial charge on any atom is 0.243 e. The number of aliphatic hydroxyl groups is 1. The van der Waals surface area contributed by atoms with Gasteiger partial charge in [0.2, 0.25) is 5.95 Å². The molecule has 1 aromatic heterocycles. The van der Waals surface area contributed by atoms with Gasteiger partial charge >= 0.3 is 0 Å². The third-order valence-electron chi connectivity index (χ3n) is 4.75. The van der Waals surface area contributed by atoms with Gasteiger partial charge in [0, 0.05) is 29.2 Å². The highest BCUT2D eigenvalue weighted by Crippen LogP contribution is 2.31. The van der Waals surface area contributed by atoms with Gasteiger partial charge in [0.1, 0.15) is 11.4 Å². The molecule has 1 aliphatic rings. The van der Waals surface area contributed by atoms with Gasteiger partial charge in [0.25, 0.3) is 0 Å². The summed E-state index contributed by atoms with van der Waals surface area (Å²) in [5.74, 6) is 0.529. The summed E-state index contributed by atoms with van der Waals surface area (Å²) < 4.78 is 0. The summed E-state index contributed by atoms with van der Waals surface area (Å²) in [7, 11) is 0. The van der Waals surface area contributed by atoms with Crippen molar-refractivity contribution < 1.29 is 10.2 Å². The van der Waals surface area contributed by atoms with Crippen LogP contribution in [0, 0.1) is 6.92 Å². The average molecular weight is 378 g/mol. The van der Waals surface area contributed by atoms with E-state index >= 15 is 0 Å². The van der Waals surface area contributed by atoms with Crippen LogP contribution >= 0.6 is 11.6 Å². The Bertz CT molecular complexity index is 773. The molecule has 8 heteroatoms. The molecular weight excluding hydrogens is 354 g/mol. The van der Waals surface area contributed by atoms with Crippen molar-refractivity contribution in [1.82, 2.24) is 20.1 Å². The third kappa shape index (κ3) is 4.23. The van der Waals surface area contributed by atoms with Crippen LogP contribution in [0.5, 0.6) is 5.75 Å². The SMILES string of the molecule is Cc1nc(NC2CCCN(C(C)CO)C2)nnc1-c1ccc(Cl)cc1O. The van der Waals surface area contributed by atoms with E-state index in [1.807, 2.05) is 13.8 Å². The second-order valence-electron chi connectivity index (χ2n) is 6.74. The monoisotopic (exact) mass is 377 g/mol. The van der Waals surface area contributed by atoms with Crippen LogP contribution in [0.3, 0.4) is 0 Å². The van der Waals surface area contributed by atoms with Gasteiger partial charge < -0.3 is 15.5 Å². The fourth-order valence-corrected chi connectivity index (χ4v) is 3.41. The zero-order valence-electron chi connectivity index (χ0n) is 15.0. The summed E-state index contributed by atoms with van der Waals surface area (Å²) >= 11 is 5.88. The largest absolute Gasteiger partial charge is 0.507 e. The molecule has 0 amide bonds. The number of likely N-dealkylation sites (tertiary alicyclic amines) is 1. The number of phenols is 1. The van der Waals surface area contributed by atoms with E-state index in [2.05, 4.69) is 25.4 Å². The molecule has 0 saturated carbocycles. The highest BCUT2D eigenvalue weighted by molar-refractivity contribution is 6.30. The highest BCUT2D eigenvalue weighted by Gasteiger charge is 2.24. The molecule has 3 rings (SSSR count). The van der Waals surface area contributed by atoms with Crippen molar-refractivity contribution in [2.24, 2.45) is 0 Å². The number of rotatable bonds is 5. The van der Waals surface area contributed by atoms with Crippen LogP contribution in [0.1, 0.15) is 25.5 Å². The van der Waals surface area contributed by atoms with Crippen LogP contribution in [-0.4, -0.2) is 62.1 Å². The van der Waals surface area contributed by atoms with E-state index in [1.54, 1.807) is 12.1 Å². The van der Waals surface area contributed by atoms with Crippen molar-refractivity contribution in [3.63, 3.8) is 0 Å². The van der Waals surface area contributed by atoms with Crippen LogP contribution in [-0.2, 0) is 0 Å². The molecule has 1 aromatic carbocycles. The van der Waals surface area contributed by atoms with Gasteiger partial charge in [-0.15, -0.1) is 10.2 Å². The number of hydrogen-bond acceptors (Lipinski definition) is 7. The third-order valence-corrected chi connectivity index (χ3v) is 4.98. The molecule has 2 heterocycles. The number of aromatic nitrogens is 3. The van der Waals surface area contributed by atoms with Crippen molar-refractivity contribution in [2.45, 2.75) is 38.8 Å².